The second-order valence-electron chi connectivity index (χ2n) is 13.0. The first-order valence-corrected chi connectivity index (χ1v) is 17.0. The molecule has 314 valence electrons. The van der Waals surface area contributed by atoms with Gasteiger partial charge in [-0.05, 0) is 4.68 Å². The van der Waals surface area contributed by atoms with Gasteiger partial charge in [0.15, 0.2) is 28.3 Å². The molecule has 32 nitrogen and oxygen atoms in total. The average Bonchev–Trinajstić information content (AvgIpc) is 3.96. The van der Waals surface area contributed by atoms with Crippen LogP contribution in [0.15, 0.2) is 54.6 Å². The molecule has 4 aromatic carbocycles. The normalized spacial score (nSPS) is 11.5. The minimum atomic E-state index is -2.03. The molecule has 2 aliphatic heterocycles. The predicted molar refractivity (Wildman–Crippen MR) is 209 cm³/mol. The molecule has 0 unspecified atom stereocenters. The largest absolute Gasteiger partial charge is 0.430 e. The highest BCUT2D eigenvalue weighted by Crippen LogP contribution is 2.53. The molecule has 0 saturated carbocycles. The number of aromatic amines is 1. The summed E-state index contributed by atoms with van der Waals surface area (Å²) in [6.45, 7) is 0. The second-order valence-corrected chi connectivity index (χ2v) is 13.0. The van der Waals surface area contributed by atoms with E-state index in [1.165, 1.54) is 48.5 Å². The van der Waals surface area contributed by atoms with Crippen molar-refractivity contribution < 1.29 is 39.5 Å². The van der Waals surface area contributed by atoms with Crippen molar-refractivity contribution in [3.8, 4) is 45.6 Å². The van der Waals surface area contributed by atoms with E-state index in [9.17, 15) is 80.9 Å². The van der Waals surface area contributed by atoms with Crippen LogP contribution in [-0.2, 0) is 0 Å². The number of hydrogen-bond donors (Lipinski definition) is 1. The van der Waals surface area contributed by atoms with Crippen LogP contribution in [0.5, 0.6) is 0 Å². The van der Waals surface area contributed by atoms with Gasteiger partial charge in [0.1, 0.15) is 27.6 Å². The summed E-state index contributed by atoms with van der Waals surface area (Å²) >= 11 is 0. The van der Waals surface area contributed by atoms with E-state index in [1.54, 1.807) is 0 Å². The number of benzene rings is 4. The number of nitrogens with one attached hydrogen (secondary N) is 1. The Morgan fingerprint density at radius 2 is 0.828 bits per heavy atom. The molecule has 64 heavy (non-hydrogen) atoms. The smallest absolute Gasteiger partial charge is 0.323 e. The lowest BCUT2D eigenvalue weighted by Gasteiger charge is -2.03. The van der Waals surface area contributed by atoms with Crippen LogP contribution in [-0.4, -0.2) is 79.1 Å². The Morgan fingerprint density at radius 1 is 0.422 bits per heavy atom. The van der Waals surface area contributed by atoms with E-state index in [4.69, 9.17) is 0 Å². The monoisotopic (exact) mass is 874 g/mol. The van der Waals surface area contributed by atoms with Crippen molar-refractivity contribution in [3.63, 3.8) is 0 Å². The minimum absolute atomic E-state index is 0.0117. The molecular weight excluding hydrogens is 864 g/mol. The Balaban J connectivity index is 1.66. The SMILES string of the molecule is O=[N+]([O-])c1cc2c(c([N+](=O)[O-])c1[N+](=O)[O-])-c1nc-2nc2c3ccccc3c(nc3nc(nc4[nH]c(n1)c1c([N+](=O)[O-])c([N+](=O)[O-])c([N+](=O)[O-])c([N+](=O)[O-])c41)-c1ccccc1-3)n2[N+](=O)[O-]. The Bertz CT molecular complexity index is 3680. The number of hydrogen-bond acceptors (Lipinski definition) is 22. The highest BCUT2D eigenvalue weighted by molar-refractivity contribution is 6.19. The first-order chi connectivity index (χ1) is 30.4. The standard InChI is InChI=1S/C32H10N16O16/c49-41(50)15-9-14-16(20(43(53)54)19(15)42(51)52)28-35-27(14)39-32-13-8-4-3-7-12(13)31(40(32)48(63)64)38-26-11-6-2-1-5-10(11)25(33-26)34-29-17-18(30(36-28)37-29)22(45(57)58)24(47(61)62)23(46(59)60)21(17)44(55)56/h1-9H,(H,33,34,35,36,37,38,39). The molecule has 5 heterocycles. The van der Waals surface area contributed by atoms with Crippen LogP contribution in [0, 0.1) is 80.9 Å². The van der Waals surface area contributed by atoms with Crippen LogP contribution >= 0.6 is 0 Å². The van der Waals surface area contributed by atoms with Gasteiger partial charge in [0.25, 0.3) is 0 Å². The van der Waals surface area contributed by atoms with Crippen molar-refractivity contribution >= 4 is 83.9 Å². The summed E-state index contributed by atoms with van der Waals surface area (Å²) in [6.07, 6.45) is 0. The molecule has 0 saturated heterocycles. The van der Waals surface area contributed by atoms with Gasteiger partial charge in [-0.2, -0.15) is 0 Å². The van der Waals surface area contributed by atoms with Crippen LogP contribution in [0.2, 0.25) is 0 Å². The molecule has 0 amide bonds. The highest BCUT2D eigenvalue weighted by Gasteiger charge is 2.50. The number of fused-ring (bicyclic) bond motifs is 20. The first-order valence-electron chi connectivity index (χ1n) is 17.0. The van der Waals surface area contributed by atoms with Gasteiger partial charge in [0, 0.05) is 33.5 Å². The molecule has 7 aromatic rings. The van der Waals surface area contributed by atoms with Crippen molar-refractivity contribution in [1.82, 2.24) is 39.6 Å². The lowest BCUT2D eigenvalue weighted by molar-refractivity contribution is -0.534. The molecule has 3 aromatic heterocycles. The van der Waals surface area contributed by atoms with Crippen molar-refractivity contribution in [2.24, 2.45) is 0 Å². The third-order valence-corrected chi connectivity index (χ3v) is 9.78. The number of nitro benzene ring substituents is 7. The molecule has 0 spiro atoms. The average molecular weight is 875 g/mol. The van der Waals surface area contributed by atoms with E-state index >= 15 is 0 Å². The topological polar surface area (TPSA) is 443 Å². The summed E-state index contributed by atoms with van der Waals surface area (Å²) in [7, 11) is 0. The van der Waals surface area contributed by atoms with Gasteiger partial charge in [-0.15, -0.1) is 0 Å². The summed E-state index contributed by atoms with van der Waals surface area (Å²) in [5.74, 6) is -2.83. The number of nitro groups is 8. The highest BCUT2D eigenvalue weighted by atomic mass is 16.7. The summed E-state index contributed by atoms with van der Waals surface area (Å²) in [6, 6.07) is 11.7. The van der Waals surface area contributed by atoms with Crippen molar-refractivity contribution in [3.05, 3.63) is 136 Å². The van der Waals surface area contributed by atoms with Crippen LogP contribution in [0.4, 0.5) is 39.8 Å². The van der Waals surface area contributed by atoms with Gasteiger partial charge < -0.3 is 4.98 Å². The van der Waals surface area contributed by atoms with E-state index in [0.717, 1.165) is 0 Å². The lowest BCUT2D eigenvalue weighted by atomic mass is 10.0. The lowest BCUT2D eigenvalue weighted by Crippen LogP contribution is -2.09. The van der Waals surface area contributed by atoms with E-state index in [0.29, 0.717) is 10.7 Å². The zero-order chi connectivity index (χ0) is 45.8. The van der Waals surface area contributed by atoms with Crippen molar-refractivity contribution in [1.29, 1.82) is 0 Å². The number of aromatic nitrogens is 8. The van der Waals surface area contributed by atoms with E-state index in [2.05, 4.69) is 34.9 Å². The van der Waals surface area contributed by atoms with Crippen LogP contribution in [0.1, 0.15) is 0 Å². The molecule has 0 atom stereocenters. The molecule has 1 N–H and O–H groups in total. The van der Waals surface area contributed by atoms with E-state index < -0.39 is 141 Å². The third-order valence-electron chi connectivity index (χ3n) is 9.78. The maximum atomic E-state index is 12.9. The van der Waals surface area contributed by atoms with Gasteiger partial charge in [0.2, 0.25) is 11.3 Å². The fourth-order valence-electron chi connectivity index (χ4n) is 7.44. The minimum Gasteiger partial charge on any atom is -0.323 e. The Hall–Kier alpha value is -10.6. The molecule has 9 rings (SSSR count). The van der Waals surface area contributed by atoms with Crippen LogP contribution in [0.25, 0.3) is 89.7 Å². The third kappa shape index (κ3) is 5.42. The van der Waals surface area contributed by atoms with Crippen LogP contribution in [0.3, 0.4) is 0 Å². The zero-order valence-corrected chi connectivity index (χ0v) is 30.4. The van der Waals surface area contributed by atoms with Crippen LogP contribution < -0.4 is 0 Å². The molecule has 32 heteroatoms. The van der Waals surface area contributed by atoms with E-state index in [-0.39, 0.29) is 27.7 Å². The number of rotatable bonds is 8. The molecular formula is C32H10N16O16. The van der Waals surface area contributed by atoms with Crippen molar-refractivity contribution in [2.45, 2.75) is 0 Å². The second kappa shape index (κ2) is 13.5. The maximum absolute atomic E-state index is 12.9. The predicted octanol–water partition coefficient (Wildman–Crippen LogP) is 5.74. The summed E-state index contributed by atoms with van der Waals surface area (Å²) in [5.41, 5.74) is -17.5. The summed E-state index contributed by atoms with van der Waals surface area (Å²) in [4.78, 5) is 118. The molecule has 0 radical (unpaired) electrons. The number of H-pyrrole nitrogens is 1. The summed E-state index contributed by atoms with van der Waals surface area (Å²) < 4.78 is 0.331. The Labute approximate surface area is 343 Å². The molecule has 8 bridgehead atoms. The fourth-order valence-corrected chi connectivity index (χ4v) is 7.44. The molecule has 0 aliphatic carbocycles. The molecule has 2 aliphatic rings. The number of nitrogens with zero attached hydrogens (tertiary/aromatic N) is 15. The van der Waals surface area contributed by atoms with E-state index in [1.807, 2.05) is 0 Å². The van der Waals surface area contributed by atoms with Gasteiger partial charge in [-0.1, -0.05) is 48.5 Å². The van der Waals surface area contributed by atoms with Gasteiger partial charge in [0.05, 0.1) is 34.5 Å². The zero-order valence-electron chi connectivity index (χ0n) is 30.4. The Morgan fingerprint density at radius 3 is 1.27 bits per heavy atom. The maximum Gasteiger partial charge on any atom is 0.430 e. The van der Waals surface area contributed by atoms with Gasteiger partial charge in [-0.25, -0.2) is 40.0 Å². The van der Waals surface area contributed by atoms with Gasteiger partial charge >= 0.3 is 39.8 Å². The van der Waals surface area contributed by atoms with Gasteiger partial charge in [-0.3, -0.25) is 70.8 Å². The fraction of sp³-hybridized carbons (Fsp3) is 0. The Kier molecular flexibility index (Phi) is 8.20. The first kappa shape index (κ1) is 38.9. The molecule has 0 fully saturated rings. The van der Waals surface area contributed by atoms with Crippen molar-refractivity contribution in [2.75, 3.05) is 0 Å². The quantitative estimate of drug-likeness (QED) is 0.140. The summed E-state index contributed by atoms with van der Waals surface area (Å²) in [5, 5.41) is 97.2.